The Labute approximate surface area is 157 Å². The molecule has 0 fully saturated rings. The summed E-state index contributed by atoms with van der Waals surface area (Å²) in [6.45, 7) is 0. The van der Waals surface area contributed by atoms with Crippen LogP contribution in [0.3, 0.4) is 0 Å². The Morgan fingerprint density at radius 3 is 2.36 bits per heavy atom. The van der Waals surface area contributed by atoms with Crippen molar-refractivity contribution in [3.05, 3.63) is 48.0 Å². The van der Waals surface area contributed by atoms with E-state index in [1.807, 2.05) is 0 Å². The van der Waals surface area contributed by atoms with Crippen LogP contribution in [0.1, 0.15) is 5.56 Å². The van der Waals surface area contributed by atoms with E-state index in [4.69, 9.17) is 10.5 Å². The molecule has 0 atom stereocenters. The van der Waals surface area contributed by atoms with Crippen molar-refractivity contribution in [2.45, 2.75) is 11.1 Å². The van der Waals surface area contributed by atoms with Gasteiger partial charge in [0.1, 0.15) is 17.1 Å². The summed E-state index contributed by atoms with van der Waals surface area (Å²) in [4.78, 5) is 3.78. The van der Waals surface area contributed by atoms with Crippen LogP contribution in [0.4, 0.5) is 30.8 Å². The van der Waals surface area contributed by atoms with Crippen molar-refractivity contribution in [1.29, 1.82) is 0 Å². The Hall–Kier alpha value is -3.28. The monoisotopic (exact) mass is 413 g/mol. The molecule has 0 saturated carbocycles. The van der Waals surface area contributed by atoms with Gasteiger partial charge in [0.2, 0.25) is 11.9 Å². The third-order valence-corrected chi connectivity index (χ3v) is 4.65. The first-order valence-electron chi connectivity index (χ1n) is 7.66. The minimum atomic E-state index is -4.70. The first-order chi connectivity index (χ1) is 13.0. The van der Waals surface area contributed by atoms with Crippen LogP contribution in [0, 0.1) is 0 Å². The van der Waals surface area contributed by atoms with E-state index in [1.54, 1.807) is 0 Å². The third kappa shape index (κ3) is 4.52. The molecule has 28 heavy (non-hydrogen) atoms. The number of nitrogens with two attached hydrogens (primary N) is 1. The number of nitrogens with zero attached hydrogens (tertiary/aromatic N) is 2. The average molecular weight is 413 g/mol. The molecule has 0 bridgehead atoms. The highest BCUT2D eigenvalue weighted by molar-refractivity contribution is 7.90. The standard InChI is InChI=1S/C16H14F3N5O3S/c1-28(25,26)11-5-3-10(4-6-11)27-13-7-2-9(8-12(13)16(17,18)19)21-15-22-14(20)23-24-15/h2-8H,1H3,(H4,20,21,22,23,24). The Kier molecular flexibility index (Phi) is 4.89. The van der Waals surface area contributed by atoms with E-state index in [-0.39, 0.29) is 28.2 Å². The minimum Gasteiger partial charge on any atom is -0.457 e. The molecule has 0 spiro atoms. The van der Waals surface area contributed by atoms with E-state index >= 15 is 0 Å². The molecule has 0 radical (unpaired) electrons. The molecule has 12 heteroatoms. The first kappa shape index (κ1) is 19.5. The zero-order valence-electron chi connectivity index (χ0n) is 14.3. The van der Waals surface area contributed by atoms with E-state index in [2.05, 4.69) is 20.5 Å². The zero-order valence-corrected chi connectivity index (χ0v) is 15.1. The van der Waals surface area contributed by atoms with E-state index in [0.29, 0.717) is 0 Å². The maximum Gasteiger partial charge on any atom is 0.420 e. The fourth-order valence-corrected chi connectivity index (χ4v) is 2.89. The maximum atomic E-state index is 13.4. The van der Waals surface area contributed by atoms with Gasteiger partial charge in [-0.25, -0.2) is 13.5 Å². The lowest BCUT2D eigenvalue weighted by Gasteiger charge is -2.15. The summed E-state index contributed by atoms with van der Waals surface area (Å²) in [7, 11) is -3.42. The largest absolute Gasteiger partial charge is 0.457 e. The van der Waals surface area contributed by atoms with Crippen LogP contribution >= 0.6 is 0 Å². The first-order valence-corrected chi connectivity index (χ1v) is 9.55. The summed E-state index contributed by atoms with van der Waals surface area (Å²) in [6.07, 6.45) is -3.67. The molecule has 148 valence electrons. The second-order valence-corrected chi connectivity index (χ2v) is 7.74. The number of halogens is 3. The lowest BCUT2D eigenvalue weighted by atomic mass is 10.1. The second-order valence-electron chi connectivity index (χ2n) is 5.72. The lowest BCUT2D eigenvalue weighted by molar-refractivity contribution is -0.138. The molecular formula is C16H14F3N5O3S. The number of ether oxygens (including phenoxy) is 1. The van der Waals surface area contributed by atoms with E-state index in [1.165, 1.54) is 30.3 Å². The van der Waals surface area contributed by atoms with Gasteiger partial charge in [-0.15, -0.1) is 5.10 Å². The van der Waals surface area contributed by atoms with Gasteiger partial charge < -0.3 is 15.8 Å². The highest BCUT2D eigenvalue weighted by Crippen LogP contribution is 2.40. The molecule has 0 amide bonds. The van der Waals surface area contributed by atoms with Crippen LogP contribution in [-0.4, -0.2) is 29.9 Å². The zero-order chi connectivity index (χ0) is 20.5. The number of nitrogen functional groups attached to an aromatic ring is 1. The van der Waals surface area contributed by atoms with Crippen molar-refractivity contribution < 1.29 is 26.3 Å². The number of rotatable bonds is 5. The smallest absolute Gasteiger partial charge is 0.420 e. The lowest BCUT2D eigenvalue weighted by Crippen LogP contribution is -2.08. The van der Waals surface area contributed by atoms with Crippen LogP contribution in [-0.2, 0) is 16.0 Å². The predicted octanol–water partition coefficient (Wildman–Crippen LogP) is 3.35. The number of aromatic amines is 1. The summed E-state index contributed by atoms with van der Waals surface area (Å²) >= 11 is 0. The van der Waals surface area contributed by atoms with Gasteiger partial charge in [0.15, 0.2) is 9.84 Å². The van der Waals surface area contributed by atoms with Crippen LogP contribution in [0.15, 0.2) is 47.4 Å². The van der Waals surface area contributed by atoms with Crippen LogP contribution < -0.4 is 15.8 Å². The fourth-order valence-electron chi connectivity index (χ4n) is 2.26. The minimum absolute atomic E-state index is 0.00987. The van der Waals surface area contributed by atoms with E-state index in [9.17, 15) is 21.6 Å². The number of hydrogen-bond acceptors (Lipinski definition) is 7. The summed E-state index contributed by atoms with van der Waals surface area (Å²) in [5.41, 5.74) is 4.41. The molecule has 8 nitrogen and oxygen atoms in total. The molecular weight excluding hydrogens is 399 g/mol. The van der Waals surface area contributed by atoms with Crippen molar-refractivity contribution in [2.24, 2.45) is 0 Å². The topological polar surface area (TPSA) is 123 Å². The predicted molar refractivity (Wildman–Crippen MR) is 95.1 cm³/mol. The van der Waals surface area contributed by atoms with E-state index < -0.39 is 27.3 Å². The molecule has 4 N–H and O–H groups in total. The molecule has 1 heterocycles. The quantitative estimate of drug-likeness (QED) is 0.586. The number of aromatic nitrogens is 3. The molecule has 3 rings (SSSR count). The number of anilines is 3. The molecule has 0 unspecified atom stereocenters. The Morgan fingerprint density at radius 2 is 1.82 bits per heavy atom. The van der Waals surface area contributed by atoms with Gasteiger partial charge >= 0.3 is 6.18 Å². The number of alkyl halides is 3. The highest BCUT2D eigenvalue weighted by Gasteiger charge is 2.35. The number of H-pyrrole nitrogens is 1. The van der Waals surface area contributed by atoms with Gasteiger partial charge in [0.25, 0.3) is 0 Å². The molecule has 0 aliphatic carbocycles. The normalized spacial score (nSPS) is 12.0. The van der Waals surface area contributed by atoms with Gasteiger partial charge in [-0.05, 0) is 42.5 Å². The molecule has 0 aliphatic heterocycles. The van der Waals surface area contributed by atoms with Crippen molar-refractivity contribution in [3.63, 3.8) is 0 Å². The number of benzene rings is 2. The molecule has 2 aromatic carbocycles. The van der Waals surface area contributed by atoms with Crippen LogP contribution in [0.25, 0.3) is 0 Å². The molecule has 1 aromatic heterocycles. The fraction of sp³-hybridized carbons (Fsp3) is 0.125. The SMILES string of the molecule is CS(=O)(=O)c1ccc(Oc2ccc(Nc3n[nH]c(N)n3)cc2C(F)(F)F)cc1. The Balaban J connectivity index is 1.89. The molecule has 3 aromatic rings. The van der Waals surface area contributed by atoms with Crippen molar-refractivity contribution >= 4 is 27.4 Å². The number of hydrogen-bond donors (Lipinski definition) is 3. The van der Waals surface area contributed by atoms with Gasteiger partial charge in [-0.1, -0.05) is 0 Å². The number of sulfone groups is 1. The van der Waals surface area contributed by atoms with Crippen LogP contribution in [0.5, 0.6) is 11.5 Å². The summed E-state index contributed by atoms with van der Waals surface area (Å²) < 4.78 is 68.6. The van der Waals surface area contributed by atoms with Crippen LogP contribution in [0.2, 0.25) is 0 Å². The second kappa shape index (κ2) is 7.03. The van der Waals surface area contributed by atoms with Crippen molar-refractivity contribution in [2.75, 3.05) is 17.3 Å². The molecule has 0 aliphatic rings. The maximum absolute atomic E-state index is 13.4. The van der Waals surface area contributed by atoms with Crippen molar-refractivity contribution in [1.82, 2.24) is 15.2 Å². The highest BCUT2D eigenvalue weighted by atomic mass is 32.2. The van der Waals surface area contributed by atoms with Crippen molar-refractivity contribution in [3.8, 4) is 11.5 Å². The van der Waals surface area contributed by atoms with Gasteiger partial charge in [0, 0.05) is 11.9 Å². The third-order valence-electron chi connectivity index (χ3n) is 3.52. The Morgan fingerprint density at radius 1 is 1.14 bits per heavy atom. The summed E-state index contributed by atoms with van der Waals surface area (Å²) in [6, 6.07) is 8.38. The van der Waals surface area contributed by atoms with Gasteiger partial charge in [0.05, 0.1) is 4.90 Å². The Bertz CT molecular complexity index is 1100. The van der Waals surface area contributed by atoms with Gasteiger partial charge in [-0.2, -0.15) is 18.2 Å². The summed E-state index contributed by atoms with van der Waals surface area (Å²) in [5.74, 6) is -0.369. The summed E-state index contributed by atoms with van der Waals surface area (Å²) in [5, 5.41) is 8.64. The average Bonchev–Trinajstić information content (AvgIpc) is 3.00. The van der Waals surface area contributed by atoms with E-state index in [0.717, 1.165) is 18.4 Å². The molecule has 0 saturated heterocycles. The van der Waals surface area contributed by atoms with Gasteiger partial charge in [-0.3, -0.25) is 0 Å². The number of nitrogens with one attached hydrogen (secondary N) is 2.